The van der Waals surface area contributed by atoms with Gasteiger partial charge in [-0.25, -0.2) is 0 Å². The summed E-state index contributed by atoms with van der Waals surface area (Å²) in [6.07, 6.45) is 1.04. The lowest BCUT2D eigenvalue weighted by Gasteiger charge is -2.07. The largest absolute Gasteiger partial charge is 0.360 e. The minimum atomic E-state index is -0.182. The normalized spacial score (nSPS) is 12.1. The molecule has 0 saturated carbocycles. The molecule has 7 heteroatoms. The number of hydrogen-bond donors (Lipinski definition) is 1. The Labute approximate surface area is 140 Å². The monoisotopic (exact) mass is 385 g/mol. The van der Waals surface area contributed by atoms with Gasteiger partial charge in [-0.15, -0.1) is 10.2 Å². The molecule has 1 heterocycles. The van der Waals surface area contributed by atoms with E-state index < -0.39 is 0 Å². The van der Waals surface area contributed by atoms with Crippen molar-refractivity contribution in [2.45, 2.75) is 29.9 Å². The van der Waals surface area contributed by atoms with Gasteiger partial charge in [-0.05, 0) is 25.5 Å². The fourth-order valence-corrected chi connectivity index (χ4v) is 3.88. The molecule has 112 valence electrons. The molecular weight excluding hydrogens is 370 g/mol. The molecule has 1 aromatic carbocycles. The second-order valence-corrected chi connectivity index (χ2v) is 7.91. The third-order valence-corrected chi connectivity index (χ3v) is 5.30. The number of thioether (sulfide) groups is 1. The molecule has 1 N–H and O–H groups in total. The highest BCUT2D eigenvalue weighted by Gasteiger charge is 2.18. The van der Waals surface area contributed by atoms with Crippen molar-refractivity contribution in [2.24, 2.45) is 0 Å². The number of Topliss-reactive ketones (excluding diaryl/α,β-unsaturated/α-hetero) is 1. The second kappa shape index (κ2) is 7.91. The predicted molar refractivity (Wildman–Crippen MR) is 92.5 cm³/mol. The molecule has 0 fully saturated rings. The second-order valence-electron chi connectivity index (χ2n) is 4.43. The standard InChI is InChI=1S/C14H16BrN3OS2/c1-3-8-16-13-17-18-14(21-13)20-9(2)12(19)10-4-6-11(15)7-5-10/h4-7,9H,3,8H2,1-2H3,(H,16,17)/t9-/m0/s1. The summed E-state index contributed by atoms with van der Waals surface area (Å²) < 4.78 is 1.78. The summed E-state index contributed by atoms with van der Waals surface area (Å²) in [5.41, 5.74) is 0.715. The van der Waals surface area contributed by atoms with E-state index in [1.807, 2.05) is 31.2 Å². The van der Waals surface area contributed by atoms with Crippen LogP contribution in [0.2, 0.25) is 0 Å². The quantitative estimate of drug-likeness (QED) is 0.562. The Morgan fingerprint density at radius 3 is 2.76 bits per heavy atom. The van der Waals surface area contributed by atoms with Crippen LogP contribution >= 0.6 is 39.0 Å². The molecule has 2 rings (SSSR count). The van der Waals surface area contributed by atoms with Crippen LogP contribution in [-0.2, 0) is 0 Å². The summed E-state index contributed by atoms with van der Waals surface area (Å²) in [5, 5.41) is 12.0. The van der Waals surface area contributed by atoms with Gasteiger partial charge in [-0.3, -0.25) is 4.79 Å². The Bertz CT molecular complexity index is 601. The lowest BCUT2D eigenvalue weighted by atomic mass is 10.1. The van der Waals surface area contributed by atoms with E-state index in [2.05, 4.69) is 38.4 Å². The number of ketones is 1. The lowest BCUT2D eigenvalue weighted by molar-refractivity contribution is 0.0994. The first-order valence-electron chi connectivity index (χ1n) is 6.64. The molecule has 0 amide bonds. The highest BCUT2D eigenvalue weighted by atomic mass is 79.9. The number of benzene rings is 1. The van der Waals surface area contributed by atoms with E-state index in [0.29, 0.717) is 5.56 Å². The molecule has 21 heavy (non-hydrogen) atoms. The average molecular weight is 386 g/mol. The van der Waals surface area contributed by atoms with Gasteiger partial charge in [-0.1, -0.05) is 58.1 Å². The predicted octanol–water partition coefficient (Wildman–Crippen LogP) is 4.49. The van der Waals surface area contributed by atoms with Crippen molar-refractivity contribution in [2.75, 3.05) is 11.9 Å². The maximum Gasteiger partial charge on any atom is 0.206 e. The third kappa shape index (κ3) is 4.79. The van der Waals surface area contributed by atoms with E-state index in [1.54, 1.807) is 0 Å². The van der Waals surface area contributed by atoms with Crippen LogP contribution in [0.1, 0.15) is 30.6 Å². The van der Waals surface area contributed by atoms with Crippen LogP contribution in [-0.4, -0.2) is 27.8 Å². The fourth-order valence-electron chi connectivity index (χ4n) is 1.61. The molecule has 0 aliphatic heterocycles. The van der Waals surface area contributed by atoms with E-state index in [9.17, 15) is 4.79 Å². The Balaban J connectivity index is 1.97. The summed E-state index contributed by atoms with van der Waals surface area (Å²) in [4.78, 5) is 12.3. The molecule has 0 spiro atoms. The Morgan fingerprint density at radius 2 is 2.10 bits per heavy atom. The minimum Gasteiger partial charge on any atom is -0.360 e. The number of carbonyl (C=O) groups is 1. The van der Waals surface area contributed by atoms with Crippen LogP contribution in [0.15, 0.2) is 33.1 Å². The summed E-state index contributed by atoms with van der Waals surface area (Å²) in [6, 6.07) is 7.42. The number of aromatic nitrogens is 2. The van der Waals surface area contributed by atoms with Crippen LogP contribution in [0.4, 0.5) is 5.13 Å². The van der Waals surface area contributed by atoms with Gasteiger partial charge in [0.25, 0.3) is 0 Å². The molecule has 0 unspecified atom stereocenters. The molecule has 0 bridgehead atoms. The topological polar surface area (TPSA) is 54.9 Å². The Kier molecular flexibility index (Phi) is 6.20. The molecule has 1 atom stereocenters. The Hall–Kier alpha value is -0.920. The molecule has 2 aromatic rings. The zero-order chi connectivity index (χ0) is 15.2. The molecule has 1 aromatic heterocycles. The molecule has 0 aliphatic rings. The summed E-state index contributed by atoms with van der Waals surface area (Å²) in [7, 11) is 0. The van der Waals surface area contributed by atoms with Crippen molar-refractivity contribution in [1.82, 2.24) is 10.2 Å². The molecule has 0 saturated heterocycles. The van der Waals surface area contributed by atoms with E-state index in [4.69, 9.17) is 0 Å². The molecule has 0 aliphatic carbocycles. The number of nitrogens with one attached hydrogen (secondary N) is 1. The van der Waals surface area contributed by atoms with E-state index in [-0.39, 0.29) is 11.0 Å². The van der Waals surface area contributed by atoms with E-state index >= 15 is 0 Å². The van der Waals surface area contributed by atoms with Crippen molar-refractivity contribution in [1.29, 1.82) is 0 Å². The van der Waals surface area contributed by atoms with Crippen molar-refractivity contribution >= 4 is 49.9 Å². The van der Waals surface area contributed by atoms with Gasteiger partial charge in [0.15, 0.2) is 10.1 Å². The first-order chi connectivity index (χ1) is 10.1. The number of halogens is 1. The van der Waals surface area contributed by atoms with Crippen molar-refractivity contribution in [3.63, 3.8) is 0 Å². The number of carbonyl (C=O) groups excluding carboxylic acids is 1. The number of hydrogen-bond acceptors (Lipinski definition) is 6. The maximum absolute atomic E-state index is 12.3. The van der Waals surface area contributed by atoms with Crippen molar-refractivity contribution in [3.8, 4) is 0 Å². The summed E-state index contributed by atoms with van der Waals surface area (Å²) in [5.74, 6) is 0.103. The zero-order valence-corrected chi connectivity index (χ0v) is 15.0. The lowest BCUT2D eigenvalue weighted by Crippen LogP contribution is -2.13. The average Bonchev–Trinajstić information content (AvgIpc) is 2.92. The maximum atomic E-state index is 12.3. The van der Waals surface area contributed by atoms with Gasteiger partial charge >= 0.3 is 0 Å². The summed E-state index contributed by atoms with van der Waals surface area (Å²) >= 11 is 6.30. The number of nitrogens with zero attached hydrogens (tertiary/aromatic N) is 2. The zero-order valence-electron chi connectivity index (χ0n) is 11.8. The smallest absolute Gasteiger partial charge is 0.206 e. The molecule has 0 radical (unpaired) electrons. The van der Waals surface area contributed by atoms with Crippen LogP contribution in [0.25, 0.3) is 0 Å². The van der Waals surface area contributed by atoms with Crippen LogP contribution < -0.4 is 5.32 Å². The number of anilines is 1. The highest BCUT2D eigenvalue weighted by molar-refractivity contribution is 9.10. The minimum absolute atomic E-state index is 0.103. The van der Waals surface area contributed by atoms with Gasteiger partial charge in [0.2, 0.25) is 5.13 Å². The van der Waals surface area contributed by atoms with Gasteiger partial charge in [0, 0.05) is 16.6 Å². The number of rotatable bonds is 7. The summed E-state index contributed by atoms with van der Waals surface area (Å²) in [6.45, 7) is 4.88. The SMILES string of the molecule is CCCNc1nnc(S[C@@H](C)C(=O)c2ccc(Br)cc2)s1. The van der Waals surface area contributed by atoms with Crippen molar-refractivity contribution in [3.05, 3.63) is 34.3 Å². The van der Waals surface area contributed by atoms with Gasteiger partial charge in [-0.2, -0.15) is 0 Å². The first kappa shape index (κ1) is 16.5. The van der Waals surface area contributed by atoms with Gasteiger partial charge in [0.05, 0.1) is 5.25 Å². The van der Waals surface area contributed by atoms with E-state index in [0.717, 1.165) is 26.9 Å². The Morgan fingerprint density at radius 1 is 1.38 bits per heavy atom. The molecule has 4 nitrogen and oxygen atoms in total. The van der Waals surface area contributed by atoms with Gasteiger partial charge < -0.3 is 5.32 Å². The van der Waals surface area contributed by atoms with E-state index in [1.165, 1.54) is 23.1 Å². The first-order valence-corrected chi connectivity index (χ1v) is 9.13. The highest BCUT2D eigenvalue weighted by Crippen LogP contribution is 2.30. The molecular formula is C14H16BrN3OS2. The fraction of sp³-hybridized carbons (Fsp3) is 0.357. The van der Waals surface area contributed by atoms with Crippen LogP contribution in [0, 0.1) is 0 Å². The van der Waals surface area contributed by atoms with Crippen LogP contribution in [0.3, 0.4) is 0 Å². The van der Waals surface area contributed by atoms with Crippen molar-refractivity contribution < 1.29 is 4.79 Å². The third-order valence-electron chi connectivity index (χ3n) is 2.71. The van der Waals surface area contributed by atoms with Crippen LogP contribution in [0.5, 0.6) is 0 Å². The van der Waals surface area contributed by atoms with Gasteiger partial charge in [0.1, 0.15) is 0 Å².